The van der Waals surface area contributed by atoms with E-state index in [0.29, 0.717) is 23.7 Å². The third-order valence-electron chi connectivity index (χ3n) is 5.99. The molecule has 0 N–H and O–H groups in total. The monoisotopic (exact) mass is 422 g/mol. The van der Waals surface area contributed by atoms with Crippen molar-refractivity contribution in [2.45, 2.75) is 0 Å². The average molecular weight is 422 g/mol. The first-order valence-electron chi connectivity index (χ1n) is 10.5. The zero-order chi connectivity index (χ0) is 21.4. The van der Waals surface area contributed by atoms with Gasteiger partial charge in [0.15, 0.2) is 5.84 Å². The van der Waals surface area contributed by atoms with E-state index in [9.17, 15) is 8.78 Å². The van der Waals surface area contributed by atoms with Gasteiger partial charge < -0.3 is 9.80 Å². The number of para-hydroxylation sites is 1. The lowest BCUT2D eigenvalue weighted by molar-refractivity contribution is 0.170. The lowest BCUT2D eigenvalue weighted by Gasteiger charge is -2.34. The van der Waals surface area contributed by atoms with Crippen molar-refractivity contribution in [2.24, 2.45) is 15.2 Å². The predicted molar refractivity (Wildman–Crippen MR) is 119 cm³/mol. The first-order chi connectivity index (χ1) is 15.1. The number of halogens is 2. The van der Waals surface area contributed by atoms with Crippen molar-refractivity contribution in [3.05, 3.63) is 65.2 Å². The maximum atomic E-state index is 14.6. The predicted octanol–water partition coefficient (Wildman–Crippen LogP) is 2.64. The molecule has 2 aromatic carbocycles. The van der Waals surface area contributed by atoms with Crippen molar-refractivity contribution >= 4 is 22.9 Å². The van der Waals surface area contributed by atoms with Crippen LogP contribution in [0.15, 0.2) is 57.7 Å². The van der Waals surface area contributed by atoms with Crippen LogP contribution in [-0.4, -0.2) is 79.9 Å². The first-order valence-corrected chi connectivity index (χ1v) is 10.5. The minimum absolute atomic E-state index is 0.103. The molecule has 1 fully saturated rings. The lowest BCUT2D eigenvalue weighted by atomic mass is 9.99. The van der Waals surface area contributed by atoms with Crippen molar-refractivity contribution in [1.29, 1.82) is 0 Å². The number of amidine groups is 1. The summed E-state index contributed by atoms with van der Waals surface area (Å²) in [6.07, 6.45) is 0. The maximum Gasteiger partial charge on any atom is 0.154 e. The molecule has 6 nitrogen and oxygen atoms in total. The van der Waals surface area contributed by atoms with E-state index in [2.05, 4.69) is 36.9 Å². The average Bonchev–Trinajstić information content (AvgIpc) is 2.93. The van der Waals surface area contributed by atoms with E-state index in [4.69, 9.17) is 0 Å². The van der Waals surface area contributed by atoms with Gasteiger partial charge in [-0.05, 0) is 25.2 Å². The van der Waals surface area contributed by atoms with Crippen molar-refractivity contribution in [3.63, 3.8) is 0 Å². The van der Waals surface area contributed by atoms with Gasteiger partial charge in [0, 0.05) is 38.3 Å². The van der Waals surface area contributed by atoms with Gasteiger partial charge in [-0.3, -0.25) is 9.89 Å². The summed E-state index contributed by atoms with van der Waals surface area (Å²) in [5, 5.41) is 8.91. The number of anilines is 1. The van der Waals surface area contributed by atoms with Crippen LogP contribution in [0, 0.1) is 11.6 Å². The number of piperazine rings is 1. The molecule has 5 rings (SSSR count). The standard InChI is InChI=1S/C23H24F2N6/c1-29-9-11-30(12-10-29)14-16-15-31-20-8-3-2-5-17(20)23(26-13-21(31)28-27-16)22-18(24)6-4-7-19(22)25/h2-8H,9-15H2,1H3. The van der Waals surface area contributed by atoms with Crippen molar-refractivity contribution < 1.29 is 8.78 Å². The summed E-state index contributed by atoms with van der Waals surface area (Å²) in [6, 6.07) is 11.5. The smallest absolute Gasteiger partial charge is 0.154 e. The van der Waals surface area contributed by atoms with Gasteiger partial charge in [-0.15, -0.1) is 5.10 Å². The van der Waals surface area contributed by atoms with Gasteiger partial charge in [0.2, 0.25) is 0 Å². The molecule has 3 aliphatic heterocycles. The molecule has 0 spiro atoms. The quantitative estimate of drug-likeness (QED) is 0.764. The molecule has 8 heteroatoms. The van der Waals surface area contributed by atoms with Gasteiger partial charge >= 0.3 is 0 Å². The highest BCUT2D eigenvalue weighted by atomic mass is 19.1. The van der Waals surface area contributed by atoms with Gasteiger partial charge in [-0.25, -0.2) is 8.78 Å². The molecule has 160 valence electrons. The summed E-state index contributed by atoms with van der Waals surface area (Å²) >= 11 is 0. The number of hydrogen-bond donors (Lipinski definition) is 0. The summed E-state index contributed by atoms with van der Waals surface area (Å²) in [6.45, 7) is 5.65. The second kappa shape index (κ2) is 8.28. The molecule has 0 bridgehead atoms. The van der Waals surface area contributed by atoms with E-state index in [0.717, 1.165) is 44.1 Å². The van der Waals surface area contributed by atoms with Crippen LogP contribution in [0.3, 0.4) is 0 Å². The SMILES string of the molecule is CN1CCN(CC2=NN=C3CN=C(c4c(F)cccc4F)c4ccccc4N3C2)CC1. The van der Waals surface area contributed by atoms with E-state index in [1.165, 1.54) is 18.2 Å². The highest BCUT2D eigenvalue weighted by Crippen LogP contribution is 2.30. The number of rotatable bonds is 3. The lowest BCUT2D eigenvalue weighted by Crippen LogP contribution is -2.49. The molecule has 0 aromatic heterocycles. The van der Waals surface area contributed by atoms with Crippen LogP contribution >= 0.6 is 0 Å². The van der Waals surface area contributed by atoms with Crippen LogP contribution in [0.25, 0.3) is 0 Å². The Hall–Kier alpha value is -2.97. The van der Waals surface area contributed by atoms with Crippen LogP contribution in [0.2, 0.25) is 0 Å². The minimum Gasteiger partial charge on any atom is -0.320 e. The summed E-state index contributed by atoms with van der Waals surface area (Å²) in [5.41, 5.74) is 2.71. The van der Waals surface area contributed by atoms with Gasteiger partial charge in [0.05, 0.1) is 35.8 Å². The molecule has 0 unspecified atom stereocenters. The van der Waals surface area contributed by atoms with Crippen molar-refractivity contribution in [1.82, 2.24) is 9.80 Å². The molecule has 0 aliphatic carbocycles. The minimum atomic E-state index is -0.623. The van der Waals surface area contributed by atoms with Gasteiger partial charge in [-0.2, -0.15) is 5.10 Å². The normalized spacial score (nSPS) is 19.7. The first kappa shape index (κ1) is 20.0. The Morgan fingerprint density at radius 3 is 2.42 bits per heavy atom. The van der Waals surface area contributed by atoms with E-state index in [1.54, 1.807) is 0 Å². The number of hydrogen-bond acceptors (Lipinski definition) is 6. The van der Waals surface area contributed by atoms with Gasteiger partial charge in [0.1, 0.15) is 11.6 Å². The second-order valence-electron chi connectivity index (χ2n) is 8.13. The highest BCUT2D eigenvalue weighted by Gasteiger charge is 2.29. The molecule has 0 amide bonds. The Bertz CT molecular complexity index is 1060. The summed E-state index contributed by atoms with van der Waals surface area (Å²) in [5.74, 6) is -0.564. The fourth-order valence-corrected chi connectivity index (χ4v) is 4.26. The number of likely N-dealkylation sites (N-methyl/N-ethyl adjacent to an activating group) is 1. The Labute approximate surface area is 180 Å². The summed E-state index contributed by atoms with van der Waals surface area (Å²) in [4.78, 5) is 11.4. The molecule has 3 heterocycles. The molecule has 2 aromatic rings. The number of fused-ring (bicyclic) bond motifs is 3. The fraction of sp³-hybridized carbons (Fsp3) is 0.348. The number of aliphatic imine (C=N–C) groups is 1. The molecule has 0 radical (unpaired) electrons. The molecular formula is C23H24F2N6. The van der Waals surface area contributed by atoms with Crippen molar-refractivity contribution in [3.8, 4) is 0 Å². The largest absolute Gasteiger partial charge is 0.320 e. The molecule has 31 heavy (non-hydrogen) atoms. The zero-order valence-corrected chi connectivity index (χ0v) is 17.4. The molecular weight excluding hydrogens is 398 g/mol. The van der Waals surface area contributed by atoms with Crippen LogP contribution in [0.1, 0.15) is 11.1 Å². The Balaban J connectivity index is 1.47. The molecule has 1 saturated heterocycles. The fourth-order valence-electron chi connectivity index (χ4n) is 4.26. The zero-order valence-electron chi connectivity index (χ0n) is 17.4. The van der Waals surface area contributed by atoms with E-state index in [1.807, 2.05) is 24.3 Å². The van der Waals surface area contributed by atoms with Gasteiger partial charge in [-0.1, -0.05) is 24.3 Å². The molecule has 0 atom stereocenters. The van der Waals surface area contributed by atoms with Crippen LogP contribution in [0.5, 0.6) is 0 Å². The summed E-state index contributed by atoms with van der Waals surface area (Å²) < 4.78 is 29.2. The number of benzene rings is 2. The summed E-state index contributed by atoms with van der Waals surface area (Å²) in [7, 11) is 2.14. The topological polar surface area (TPSA) is 46.8 Å². The third-order valence-corrected chi connectivity index (χ3v) is 5.99. The molecule has 3 aliphatic rings. The van der Waals surface area contributed by atoms with E-state index >= 15 is 0 Å². The second-order valence-corrected chi connectivity index (χ2v) is 8.13. The third kappa shape index (κ3) is 3.88. The highest BCUT2D eigenvalue weighted by molar-refractivity contribution is 6.21. The maximum absolute atomic E-state index is 14.6. The Morgan fingerprint density at radius 2 is 1.65 bits per heavy atom. The van der Waals surface area contributed by atoms with Crippen LogP contribution in [-0.2, 0) is 0 Å². The van der Waals surface area contributed by atoms with Crippen molar-refractivity contribution in [2.75, 3.05) is 57.8 Å². The van der Waals surface area contributed by atoms with Crippen LogP contribution < -0.4 is 4.90 Å². The van der Waals surface area contributed by atoms with E-state index < -0.39 is 11.6 Å². The Morgan fingerprint density at radius 1 is 0.903 bits per heavy atom. The van der Waals surface area contributed by atoms with E-state index in [-0.39, 0.29) is 12.1 Å². The Kier molecular flexibility index (Phi) is 5.33. The van der Waals surface area contributed by atoms with Crippen LogP contribution in [0.4, 0.5) is 14.5 Å². The molecule has 0 saturated carbocycles. The van der Waals surface area contributed by atoms with Gasteiger partial charge in [0.25, 0.3) is 0 Å². The number of nitrogens with zero attached hydrogens (tertiary/aromatic N) is 6.